The van der Waals surface area contributed by atoms with Crippen molar-refractivity contribution < 1.29 is 14.2 Å². The normalized spacial score (nSPS) is 14.9. The number of nitrogens with zero attached hydrogens (tertiary/aromatic N) is 3. The third kappa shape index (κ3) is 5.63. The molecule has 3 rings (SSSR count). The van der Waals surface area contributed by atoms with Crippen molar-refractivity contribution in [3.63, 3.8) is 0 Å². The largest absolute Gasteiger partial charge is 0.490 e. The zero-order chi connectivity index (χ0) is 18.0. The van der Waals surface area contributed by atoms with Gasteiger partial charge in [0.2, 0.25) is 5.88 Å². The minimum absolute atomic E-state index is 0.434. The van der Waals surface area contributed by atoms with Gasteiger partial charge in [0.1, 0.15) is 19.0 Å². The predicted octanol–water partition coefficient (Wildman–Crippen LogP) is 1.69. The monoisotopic (exact) mass is 356 g/mol. The van der Waals surface area contributed by atoms with Crippen LogP contribution in [0.3, 0.4) is 0 Å². The van der Waals surface area contributed by atoms with E-state index in [1.807, 2.05) is 47.4 Å². The quantitative estimate of drug-likeness (QED) is 0.462. The molecule has 0 aliphatic carbocycles. The second-order valence-corrected chi connectivity index (χ2v) is 5.79. The van der Waals surface area contributed by atoms with Crippen molar-refractivity contribution in [3.05, 3.63) is 54.2 Å². The topological polar surface area (TPSA) is 82.2 Å². The average Bonchev–Trinajstić information content (AvgIpc) is 2.72. The first kappa shape index (κ1) is 18.0. The summed E-state index contributed by atoms with van der Waals surface area (Å²) in [4.78, 5) is 10.7. The van der Waals surface area contributed by atoms with Gasteiger partial charge in [0.05, 0.1) is 19.8 Å². The molecule has 26 heavy (non-hydrogen) atoms. The van der Waals surface area contributed by atoms with Gasteiger partial charge < -0.3 is 24.8 Å². The smallest absolute Gasteiger partial charge is 0.213 e. The van der Waals surface area contributed by atoms with Crippen molar-refractivity contribution in [1.29, 1.82) is 0 Å². The number of benzene rings is 1. The number of rotatable bonds is 7. The number of aromatic nitrogens is 1. The molecule has 1 aromatic heterocycles. The van der Waals surface area contributed by atoms with Crippen LogP contribution in [0.1, 0.15) is 5.56 Å². The van der Waals surface area contributed by atoms with E-state index in [9.17, 15) is 0 Å². The van der Waals surface area contributed by atoms with Crippen molar-refractivity contribution in [1.82, 2.24) is 9.88 Å². The molecule has 1 aliphatic rings. The standard InChI is InChI=1S/C19H24N4O3/c20-19(23-8-10-24-11-9-23)22-15-16-6-7-18(21-14-16)26-13-12-25-17-4-2-1-3-5-17/h1-7,14H,8-13,15H2,(H2,20,22). The molecule has 1 saturated heterocycles. The second-order valence-electron chi connectivity index (χ2n) is 5.79. The number of ether oxygens (including phenoxy) is 3. The maximum atomic E-state index is 6.02. The Morgan fingerprint density at radius 2 is 1.85 bits per heavy atom. The van der Waals surface area contributed by atoms with Crippen molar-refractivity contribution in [3.8, 4) is 11.6 Å². The van der Waals surface area contributed by atoms with Crippen LogP contribution < -0.4 is 15.2 Å². The Kier molecular flexibility index (Phi) is 6.66. The van der Waals surface area contributed by atoms with Gasteiger partial charge in [-0.15, -0.1) is 0 Å². The van der Waals surface area contributed by atoms with Crippen molar-refractivity contribution in [2.45, 2.75) is 6.54 Å². The van der Waals surface area contributed by atoms with Gasteiger partial charge in [0.25, 0.3) is 0 Å². The zero-order valence-electron chi connectivity index (χ0n) is 14.7. The lowest BCUT2D eigenvalue weighted by Gasteiger charge is -2.27. The lowest BCUT2D eigenvalue weighted by molar-refractivity contribution is 0.0674. The first-order valence-corrected chi connectivity index (χ1v) is 8.69. The number of aliphatic imine (C=N–C) groups is 1. The molecule has 2 N–H and O–H groups in total. The molecule has 1 fully saturated rings. The van der Waals surface area contributed by atoms with Gasteiger partial charge in [-0.2, -0.15) is 0 Å². The number of morpholine rings is 1. The fourth-order valence-electron chi connectivity index (χ4n) is 2.48. The van der Waals surface area contributed by atoms with E-state index in [2.05, 4.69) is 9.98 Å². The van der Waals surface area contributed by atoms with Crippen LogP contribution in [-0.4, -0.2) is 55.4 Å². The number of para-hydroxylation sites is 1. The van der Waals surface area contributed by atoms with Crippen LogP contribution in [0.25, 0.3) is 0 Å². The highest BCUT2D eigenvalue weighted by Crippen LogP contribution is 2.10. The molecule has 1 aromatic carbocycles. The number of guanidine groups is 1. The lowest BCUT2D eigenvalue weighted by Crippen LogP contribution is -2.44. The van der Waals surface area contributed by atoms with E-state index in [1.54, 1.807) is 6.20 Å². The molecule has 0 saturated carbocycles. The molecule has 7 nitrogen and oxygen atoms in total. The maximum Gasteiger partial charge on any atom is 0.213 e. The molecule has 7 heteroatoms. The average molecular weight is 356 g/mol. The maximum absolute atomic E-state index is 6.02. The van der Waals surface area contributed by atoms with Gasteiger partial charge in [0.15, 0.2) is 5.96 Å². The van der Waals surface area contributed by atoms with E-state index >= 15 is 0 Å². The summed E-state index contributed by atoms with van der Waals surface area (Å²) in [5, 5.41) is 0. The Morgan fingerprint density at radius 3 is 2.58 bits per heavy atom. The summed E-state index contributed by atoms with van der Waals surface area (Å²) >= 11 is 0. The van der Waals surface area contributed by atoms with E-state index in [0.717, 1.165) is 24.4 Å². The molecule has 0 unspecified atom stereocenters. The lowest BCUT2D eigenvalue weighted by atomic mass is 10.3. The number of hydrogen-bond acceptors (Lipinski definition) is 5. The zero-order valence-corrected chi connectivity index (χ0v) is 14.7. The van der Waals surface area contributed by atoms with Gasteiger partial charge >= 0.3 is 0 Å². The Balaban J connectivity index is 1.40. The molecule has 0 amide bonds. The SMILES string of the molecule is NC(=NCc1ccc(OCCOc2ccccc2)nc1)N1CCOCC1. The Bertz CT molecular complexity index is 686. The number of nitrogens with two attached hydrogens (primary N) is 1. The third-order valence-corrected chi connectivity index (χ3v) is 3.90. The summed E-state index contributed by atoms with van der Waals surface area (Å²) in [6.45, 7) is 4.34. The number of pyridine rings is 1. The first-order valence-electron chi connectivity index (χ1n) is 8.69. The van der Waals surface area contributed by atoms with Gasteiger partial charge in [0, 0.05) is 25.4 Å². The van der Waals surface area contributed by atoms with Crippen LogP contribution >= 0.6 is 0 Å². The van der Waals surface area contributed by atoms with Crippen LogP contribution in [0.4, 0.5) is 0 Å². The molecule has 0 spiro atoms. The fraction of sp³-hybridized carbons (Fsp3) is 0.368. The van der Waals surface area contributed by atoms with E-state index in [-0.39, 0.29) is 0 Å². The van der Waals surface area contributed by atoms with Crippen molar-refractivity contribution >= 4 is 5.96 Å². The van der Waals surface area contributed by atoms with Gasteiger partial charge in [-0.3, -0.25) is 0 Å². The summed E-state index contributed by atoms with van der Waals surface area (Å²) in [6.07, 6.45) is 1.75. The molecule has 0 atom stereocenters. The minimum atomic E-state index is 0.434. The van der Waals surface area contributed by atoms with E-state index < -0.39 is 0 Å². The van der Waals surface area contributed by atoms with E-state index in [4.69, 9.17) is 19.9 Å². The highest BCUT2D eigenvalue weighted by Gasteiger charge is 2.11. The number of hydrogen-bond donors (Lipinski definition) is 1. The van der Waals surface area contributed by atoms with Crippen molar-refractivity contribution in [2.24, 2.45) is 10.7 Å². The van der Waals surface area contributed by atoms with Crippen LogP contribution in [0.2, 0.25) is 0 Å². The molecule has 0 radical (unpaired) electrons. The predicted molar refractivity (Wildman–Crippen MR) is 99.4 cm³/mol. The van der Waals surface area contributed by atoms with Gasteiger partial charge in [-0.05, 0) is 17.7 Å². The van der Waals surface area contributed by atoms with E-state index in [0.29, 0.717) is 44.8 Å². The van der Waals surface area contributed by atoms with Gasteiger partial charge in [-0.25, -0.2) is 9.98 Å². The summed E-state index contributed by atoms with van der Waals surface area (Å²) in [5.74, 6) is 1.94. The minimum Gasteiger partial charge on any atom is -0.490 e. The van der Waals surface area contributed by atoms with Crippen LogP contribution in [0.5, 0.6) is 11.6 Å². The third-order valence-electron chi connectivity index (χ3n) is 3.90. The Labute approximate surface area is 153 Å². The summed E-state index contributed by atoms with van der Waals surface area (Å²) in [6, 6.07) is 13.4. The molecular formula is C19H24N4O3. The highest BCUT2D eigenvalue weighted by atomic mass is 16.5. The molecule has 2 aromatic rings. The summed E-state index contributed by atoms with van der Waals surface area (Å²) in [7, 11) is 0. The van der Waals surface area contributed by atoms with Crippen LogP contribution in [0.15, 0.2) is 53.7 Å². The van der Waals surface area contributed by atoms with Crippen LogP contribution in [-0.2, 0) is 11.3 Å². The molecule has 1 aliphatic heterocycles. The molecule has 138 valence electrons. The van der Waals surface area contributed by atoms with E-state index in [1.165, 1.54) is 0 Å². The van der Waals surface area contributed by atoms with Crippen LogP contribution in [0, 0.1) is 0 Å². The Morgan fingerprint density at radius 1 is 1.08 bits per heavy atom. The summed E-state index contributed by atoms with van der Waals surface area (Å²) < 4.78 is 16.5. The van der Waals surface area contributed by atoms with Crippen molar-refractivity contribution in [2.75, 3.05) is 39.5 Å². The molecule has 0 bridgehead atoms. The molecule has 2 heterocycles. The molecular weight excluding hydrogens is 332 g/mol. The fourth-order valence-corrected chi connectivity index (χ4v) is 2.48. The summed E-state index contributed by atoms with van der Waals surface area (Å²) in [5.41, 5.74) is 7.00. The highest BCUT2D eigenvalue weighted by molar-refractivity contribution is 5.78. The second kappa shape index (κ2) is 9.62. The first-order chi connectivity index (χ1) is 12.8. The Hall–Kier alpha value is -2.80. The van der Waals surface area contributed by atoms with Gasteiger partial charge in [-0.1, -0.05) is 24.3 Å².